The van der Waals surface area contributed by atoms with Crippen LogP contribution in [-0.2, 0) is 17.8 Å². The van der Waals surface area contributed by atoms with Gasteiger partial charge in [-0.1, -0.05) is 42.5 Å². The molecular formula is C26H26O4. The van der Waals surface area contributed by atoms with Crippen LogP contribution in [0.2, 0.25) is 0 Å². The van der Waals surface area contributed by atoms with Crippen LogP contribution in [0, 0.1) is 0 Å². The summed E-state index contributed by atoms with van der Waals surface area (Å²) in [5.74, 6) is 0.408. The molecule has 0 radical (unpaired) electrons. The average molecular weight is 402 g/mol. The smallest absolute Gasteiger partial charge is 0.310 e. The van der Waals surface area contributed by atoms with Crippen molar-refractivity contribution in [2.24, 2.45) is 0 Å². The summed E-state index contributed by atoms with van der Waals surface area (Å²) in [6.45, 7) is 3.07. The third-order valence-electron chi connectivity index (χ3n) is 5.57. The zero-order valence-electron chi connectivity index (χ0n) is 17.1. The van der Waals surface area contributed by atoms with Gasteiger partial charge in [0, 0.05) is 0 Å². The number of aryl methyl sites for hydroxylation is 1. The lowest BCUT2D eigenvalue weighted by Crippen LogP contribution is -2.18. The van der Waals surface area contributed by atoms with E-state index in [1.165, 1.54) is 0 Å². The van der Waals surface area contributed by atoms with Gasteiger partial charge in [-0.25, -0.2) is 0 Å². The van der Waals surface area contributed by atoms with E-state index >= 15 is 0 Å². The second-order valence-corrected chi connectivity index (χ2v) is 7.59. The van der Waals surface area contributed by atoms with E-state index in [9.17, 15) is 9.90 Å². The number of carbonyl (C=O) groups is 1. The summed E-state index contributed by atoms with van der Waals surface area (Å²) in [5.41, 5.74) is 5.32. The Hall–Kier alpha value is -3.27. The average Bonchev–Trinajstić information content (AvgIpc) is 2.78. The normalized spacial score (nSPS) is 15.3. The molecule has 0 bridgehead atoms. The maximum atomic E-state index is 11.6. The van der Waals surface area contributed by atoms with Crippen molar-refractivity contribution in [2.75, 3.05) is 6.61 Å². The predicted molar refractivity (Wildman–Crippen MR) is 117 cm³/mol. The maximum Gasteiger partial charge on any atom is 0.310 e. The number of rotatable bonds is 7. The zero-order chi connectivity index (χ0) is 20.9. The first-order valence-corrected chi connectivity index (χ1v) is 10.4. The van der Waals surface area contributed by atoms with Crippen molar-refractivity contribution in [1.82, 2.24) is 0 Å². The molecule has 0 amide bonds. The van der Waals surface area contributed by atoms with Crippen molar-refractivity contribution >= 4 is 5.97 Å². The lowest BCUT2D eigenvalue weighted by molar-refractivity contribution is -0.139. The van der Waals surface area contributed by atoms with Gasteiger partial charge in [-0.3, -0.25) is 4.79 Å². The Labute approximate surface area is 177 Å². The fourth-order valence-electron chi connectivity index (χ4n) is 4.02. The number of carboxylic acid groups (broad SMARTS) is 1. The Kier molecular flexibility index (Phi) is 6.03. The molecule has 0 fully saturated rings. The third kappa shape index (κ3) is 4.48. The number of aliphatic carboxylic acids is 1. The molecule has 4 heteroatoms. The van der Waals surface area contributed by atoms with Gasteiger partial charge in [0.2, 0.25) is 0 Å². The van der Waals surface area contributed by atoms with Crippen molar-refractivity contribution in [3.63, 3.8) is 0 Å². The predicted octanol–water partition coefficient (Wildman–Crippen LogP) is 5.84. The summed E-state index contributed by atoms with van der Waals surface area (Å²) >= 11 is 0. The number of hydrogen-bond donors (Lipinski definition) is 1. The first-order valence-electron chi connectivity index (χ1n) is 10.4. The van der Waals surface area contributed by atoms with Gasteiger partial charge in [-0.05, 0) is 78.3 Å². The van der Waals surface area contributed by atoms with E-state index in [0.29, 0.717) is 19.6 Å². The van der Waals surface area contributed by atoms with Crippen molar-refractivity contribution < 1.29 is 19.4 Å². The molecule has 154 valence electrons. The van der Waals surface area contributed by atoms with E-state index in [2.05, 4.69) is 30.3 Å². The molecule has 1 N–H and O–H groups in total. The monoisotopic (exact) mass is 402 g/mol. The molecule has 0 saturated heterocycles. The van der Waals surface area contributed by atoms with Gasteiger partial charge < -0.3 is 14.6 Å². The summed E-state index contributed by atoms with van der Waals surface area (Å²) in [7, 11) is 0. The number of hydrogen-bond acceptors (Lipinski definition) is 3. The molecule has 0 aromatic heterocycles. The minimum atomic E-state index is -0.753. The highest BCUT2D eigenvalue weighted by atomic mass is 16.5. The van der Waals surface area contributed by atoms with Crippen LogP contribution in [0.1, 0.15) is 42.4 Å². The van der Waals surface area contributed by atoms with Crippen LogP contribution >= 0.6 is 0 Å². The van der Waals surface area contributed by atoms with Crippen LogP contribution in [-0.4, -0.2) is 17.7 Å². The second-order valence-electron chi connectivity index (χ2n) is 7.59. The summed E-state index contributed by atoms with van der Waals surface area (Å²) in [4.78, 5) is 11.6. The molecule has 3 aromatic rings. The maximum absolute atomic E-state index is 11.6. The highest BCUT2D eigenvalue weighted by molar-refractivity contribution is 5.77. The Balaban J connectivity index is 1.44. The van der Waals surface area contributed by atoms with E-state index in [1.54, 1.807) is 0 Å². The molecule has 1 aliphatic carbocycles. The molecule has 0 heterocycles. The highest BCUT2D eigenvalue weighted by Crippen LogP contribution is 2.34. The first-order chi connectivity index (χ1) is 14.6. The fraction of sp³-hybridized carbons (Fsp3) is 0.269. The molecule has 1 atom stereocenters. The van der Waals surface area contributed by atoms with Crippen molar-refractivity contribution in [3.8, 4) is 22.6 Å². The third-order valence-corrected chi connectivity index (χ3v) is 5.57. The molecule has 3 aromatic carbocycles. The lowest BCUT2D eigenvalue weighted by atomic mass is 9.83. The van der Waals surface area contributed by atoms with Crippen molar-refractivity contribution in [3.05, 3.63) is 83.4 Å². The summed E-state index contributed by atoms with van der Waals surface area (Å²) < 4.78 is 11.6. The van der Waals surface area contributed by atoms with Gasteiger partial charge in [0.05, 0.1) is 12.5 Å². The summed E-state index contributed by atoms with van der Waals surface area (Å²) in [6, 6.07) is 22.2. The number of carboxylic acids is 1. The standard InChI is InChI=1S/C26H26O4/c1-2-29-22-7-3-6-21(15-22)19-11-9-18(10-12-19)17-30-23-14-13-20-5-4-8-24(26(27)28)25(20)16-23/h3,6-7,9-16,24H,2,4-5,8,17H2,1H3,(H,27,28). The van der Waals surface area contributed by atoms with Gasteiger partial charge in [-0.15, -0.1) is 0 Å². The topological polar surface area (TPSA) is 55.8 Å². The van der Waals surface area contributed by atoms with Crippen LogP contribution < -0.4 is 9.47 Å². The van der Waals surface area contributed by atoms with E-state index in [4.69, 9.17) is 9.47 Å². The molecule has 0 spiro atoms. The van der Waals surface area contributed by atoms with Gasteiger partial charge in [0.1, 0.15) is 18.1 Å². The van der Waals surface area contributed by atoms with Crippen LogP contribution in [0.25, 0.3) is 11.1 Å². The van der Waals surface area contributed by atoms with Crippen molar-refractivity contribution in [1.29, 1.82) is 0 Å². The molecule has 30 heavy (non-hydrogen) atoms. The van der Waals surface area contributed by atoms with Gasteiger partial charge in [-0.2, -0.15) is 0 Å². The van der Waals surface area contributed by atoms with E-state index < -0.39 is 11.9 Å². The van der Waals surface area contributed by atoms with E-state index in [1.807, 2.05) is 43.3 Å². The Morgan fingerprint density at radius 3 is 2.53 bits per heavy atom. The van der Waals surface area contributed by atoms with E-state index in [-0.39, 0.29) is 0 Å². The van der Waals surface area contributed by atoms with Crippen LogP contribution in [0.3, 0.4) is 0 Å². The van der Waals surface area contributed by atoms with Crippen LogP contribution in [0.15, 0.2) is 66.7 Å². The Morgan fingerprint density at radius 1 is 0.967 bits per heavy atom. The fourth-order valence-corrected chi connectivity index (χ4v) is 4.02. The first kappa shape index (κ1) is 20.0. The molecule has 0 saturated carbocycles. The number of fused-ring (bicyclic) bond motifs is 1. The van der Waals surface area contributed by atoms with Gasteiger partial charge >= 0.3 is 5.97 Å². The van der Waals surface area contributed by atoms with Crippen molar-refractivity contribution in [2.45, 2.75) is 38.7 Å². The lowest BCUT2D eigenvalue weighted by Gasteiger charge is -2.23. The molecule has 1 aliphatic rings. The highest BCUT2D eigenvalue weighted by Gasteiger charge is 2.26. The SMILES string of the molecule is CCOc1cccc(-c2ccc(COc3ccc4c(c3)C(C(=O)O)CCC4)cc2)c1. The molecule has 1 unspecified atom stereocenters. The second kappa shape index (κ2) is 9.04. The summed E-state index contributed by atoms with van der Waals surface area (Å²) in [6.07, 6.45) is 2.55. The molecule has 0 aliphatic heterocycles. The number of ether oxygens (including phenoxy) is 2. The van der Waals surface area contributed by atoms with Gasteiger partial charge in [0.25, 0.3) is 0 Å². The number of benzene rings is 3. The minimum Gasteiger partial charge on any atom is -0.494 e. The molecular weight excluding hydrogens is 376 g/mol. The van der Waals surface area contributed by atoms with Gasteiger partial charge in [0.15, 0.2) is 0 Å². The van der Waals surface area contributed by atoms with Crippen LogP contribution in [0.5, 0.6) is 11.5 Å². The van der Waals surface area contributed by atoms with E-state index in [0.717, 1.165) is 52.2 Å². The largest absolute Gasteiger partial charge is 0.494 e. The Morgan fingerprint density at radius 2 is 1.77 bits per heavy atom. The summed E-state index contributed by atoms with van der Waals surface area (Å²) in [5, 5.41) is 9.50. The Bertz CT molecular complexity index is 1020. The van der Waals surface area contributed by atoms with Crippen LogP contribution in [0.4, 0.5) is 0 Å². The zero-order valence-corrected chi connectivity index (χ0v) is 17.1. The molecule has 4 nitrogen and oxygen atoms in total. The molecule has 4 rings (SSSR count). The quantitative estimate of drug-likeness (QED) is 0.540. The minimum absolute atomic E-state index is 0.427.